The number of methoxy groups -OCH3 is 1. The third-order valence-electron chi connectivity index (χ3n) is 5.94. The minimum atomic E-state index is -0.679. The molecule has 1 saturated heterocycles. The van der Waals surface area contributed by atoms with Gasteiger partial charge in [-0.15, -0.1) is 0 Å². The molecule has 2 aliphatic rings. The van der Waals surface area contributed by atoms with Gasteiger partial charge < -0.3 is 14.5 Å². The minimum absolute atomic E-state index is 0.220. The Kier molecular flexibility index (Phi) is 5.78. The molecule has 0 saturated carbocycles. The van der Waals surface area contributed by atoms with Crippen LogP contribution in [0.1, 0.15) is 33.6 Å². The number of ether oxygens (including phenoxy) is 2. The predicted octanol–water partition coefficient (Wildman–Crippen LogP) is 3.42. The third kappa shape index (κ3) is 3.63. The molecular weight excluding hydrogens is 476 g/mol. The van der Waals surface area contributed by atoms with Crippen LogP contribution in [0, 0.1) is 5.92 Å². The van der Waals surface area contributed by atoms with Gasteiger partial charge in [-0.3, -0.25) is 14.4 Å². The van der Waals surface area contributed by atoms with Crippen molar-refractivity contribution in [1.29, 1.82) is 0 Å². The number of carbonyl (C=O) groups is 3. The average molecular weight is 497 g/mol. The molecule has 0 radical (unpaired) electrons. The van der Waals surface area contributed by atoms with Crippen LogP contribution in [-0.4, -0.2) is 41.7 Å². The second kappa shape index (κ2) is 8.77. The first kappa shape index (κ1) is 22.4. The van der Waals surface area contributed by atoms with Crippen molar-refractivity contribution in [2.75, 3.05) is 18.6 Å². The number of fused-ring (bicyclic) bond motifs is 2. The molecule has 2 amide bonds. The zero-order chi connectivity index (χ0) is 24.0. The number of imide groups is 1. The normalized spacial score (nSPS) is 21.2. The topological polar surface area (TPSA) is 106 Å². The van der Waals surface area contributed by atoms with Gasteiger partial charge >= 0.3 is 10.8 Å². The first-order chi connectivity index (χ1) is 16.4. The van der Waals surface area contributed by atoms with Crippen LogP contribution >= 0.6 is 23.1 Å². The third-order valence-corrected chi connectivity index (χ3v) is 8.34. The molecule has 5 rings (SSSR count). The summed E-state index contributed by atoms with van der Waals surface area (Å²) in [5.41, 5.74) is 1.56. The van der Waals surface area contributed by atoms with Crippen LogP contribution in [-0.2, 0) is 14.3 Å². The largest absolute Gasteiger partial charge is 0.497 e. The summed E-state index contributed by atoms with van der Waals surface area (Å²) in [5.74, 6) is -1.60. The summed E-state index contributed by atoms with van der Waals surface area (Å²) in [4.78, 5) is 55.8. The smallest absolute Gasteiger partial charge is 0.338 e. The molecule has 2 aromatic carbocycles. The van der Waals surface area contributed by atoms with Gasteiger partial charge in [0.2, 0.25) is 11.8 Å². The number of H-pyrrole nitrogens is 1. The molecule has 1 fully saturated rings. The number of carbonyl (C=O) groups excluding carboxylic acids is 3. The Balaban J connectivity index is 1.54. The Morgan fingerprint density at radius 2 is 1.74 bits per heavy atom. The number of esters is 1. The van der Waals surface area contributed by atoms with E-state index in [0.29, 0.717) is 22.0 Å². The number of anilines is 1. The Labute approximate surface area is 202 Å². The van der Waals surface area contributed by atoms with Gasteiger partial charge in [0.15, 0.2) is 0 Å². The molecule has 0 spiro atoms. The van der Waals surface area contributed by atoms with Crippen molar-refractivity contribution >= 4 is 46.6 Å². The summed E-state index contributed by atoms with van der Waals surface area (Å²) >= 11 is 2.29. The second-order valence-electron chi connectivity index (χ2n) is 7.80. The highest BCUT2D eigenvalue weighted by atomic mass is 32.2. The lowest BCUT2D eigenvalue weighted by Crippen LogP contribution is -2.32. The summed E-state index contributed by atoms with van der Waals surface area (Å²) in [5, 5.41) is -0.0557. The van der Waals surface area contributed by atoms with E-state index in [1.54, 1.807) is 38.3 Å². The summed E-state index contributed by atoms with van der Waals surface area (Å²) in [6, 6.07) is 13.5. The SMILES string of the molecule is CCOC(=O)c1ccc(N2C(=O)[C@@H]3[C@H](c4ccc(OC)cc4)c4sc(=O)[nH]c4S[C@@H]3C2=O)cc1. The van der Waals surface area contributed by atoms with E-state index in [4.69, 9.17) is 9.47 Å². The minimum Gasteiger partial charge on any atom is -0.497 e. The number of nitrogens with one attached hydrogen (secondary N) is 1. The van der Waals surface area contributed by atoms with Crippen molar-refractivity contribution in [3.63, 3.8) is 0 Å². The fourth-order valence-corrected chi connectivity index (χ4v) is 6.92. The molecule has 0 unspecified atom stereocenters. The predicted molar refractivity (Wildman–Crippen MR) is 128 cm³/mol. The van der Waals surface area contributed by atoms with Crippen molar-refractivity contribution < 1.29 is 23.9 Å². The van der Waals surface area contributed by atoms with Crippen LogP contribution in [0.5, 0.6) is 5.75 Å². The molecule has 1 aromatic heterocycles. The van der Waals surface area contributed by atoms with E-state index in [9.17, 15) is 19.2 Å². The van der Waals surface area contributed by atoms with Crippen molar-refractivity contribution in [3.8, 4) is 5.75 Å². The number of rotatable bonds is 5. The summed E-state index contributed by atoms with van der Waals surface area (Å²) in [6.07, 6.45) is 0. The molecule has 2 aliphatic heterocycles. The summed E-state index contributed by atoms with van der Waals surface area (Å²) in [6.45, 7) is 1.97. The zero-order valence-corrected chi connectivity index (χ0v) is 19.9. The van der Waals surface area contributed by atoms with Crippen LogP contribution in [0.2, 0.25) is 0 Å². The van der Waals surface area contributed by atoms with Crippen LogP contribution in [0.25, 0.3) is 0 Å². The lowest BCUT2D eigenvalue weighted by atomic mass is 9.83. The van der Waals surface area contributed by atoms with Crippen LogP contribution in [0.4, 0.5) is 5.69 Å². The van der Waals surface area contributed by atoms with Crippen molar-refractivity contribution in [1.82, 2.24) is 4.98 Å². The van der Waals surface area contributed by atoms with Crippen molar-refractivity contribution in [3.05, 3.63) is 74.2 Å². The Morgan fingerprint density at radius 1 is 1.03 bits per heavy atom. The van der Waals surface area contributed by atoms with Gasteiger partial charge in [0.1, 0.15) is 11.0 Å². The maximum Gasteiger partial charge on any atom is 0.338 e. The van der Waals surface area contributed by atoms with E-state index in [1.807, 2.05) is 12.1 Å². The Hall–Kier alpha value is -3.37. The highest BCUT2D eigenvalue weighted by Crippen LogP contribution is 2.53. The maximum atomic E-state index is 13.7. The quantitative estimate of drug-likeness (QED) is 0.426. The van der Waals surface area contributed by atoms with Gasteiger partial charge in [-0.05, 0) is 48.9 Å². The van der Waals surface area contributed by atoms with Gasteiger partial charge in [-0.2, -0.15) is 0 Å². The van der Waals surface area contributed by atoms with E-state index in [2.05, 4.69) is 4.98 Å². The lowest BCUT2D eigenvalue weighted by molar-refractivity contribution is -0.122. The first-order valence-electron chi connectivity index (χ1n) is 10.6. The van der Waals surface area contributed by atoms with E-state index >= 15 is 0 Å². The number of thiazole rings is 1. The lowest BCUT2D eigenvalue weighted by Gasteiger charge is -2.29. The van der Waals surface area contributed by atoms with Crippen molar-refractivity contribution in [2.24, 2.45) is 5.92 Å². The van der Waals surface area contributed by atoms with Gasteiger partial charge in [0, 0.05) is 10.8 Å². The molecule has 3 aromatic rings. The summed E-state index contributed by atoms with van der Waals surface area (Å²) in [7, 11) is 1.57. The van der Waals surface area contributed by atoms with Gasteiger partial charge in [0.25, 0.3) is 0 Å². The van der Waals surface area contributed by atoms with Gasteiger partial charge in [0.05, 0.1) is 35.9 Å². The average Bonchev–Trinajstić information content (AvgIpc) is 3.34. The van der Waals surface area contributed by atoms with Crippen LogP contribution in [0.3, 0.4) is 0 Å². The molecule has 174 valence electrons. The molecule has 8 nitrogen and oxygen atoms in total. The number of aromatic nitrogens is 1. The van der Waals surface area contributed by atoms with Crippen LogP contribution < -0.4 is 14.5 Å². The van der Waals surface area contributed by atoms with E-state index in [0.717, 1.165) is 21.8 Å². The highest BCUT2D eigenvalue weighted by molar-refractivity contribution is 8.00. The molecule has 3 atom stereocenters. The maximum absolute atomic E-state index is 13.7. The molecule has 0 aliphatic carbocycles. The highest BCUT2D eigenvalue weighted by Gasteiger charge is 2.56. The number of benzene rings is 2. The molecule has 3 heterocycles. The standard InChI is InChI=1S/C24H20N2O6S2/c1-3-32-23(29)13-4-8-14(9-5-13)26-21(27)17-16(12-6-10-15(31-2)11-7-12)18-20(25-24(30)34-18)33-19(17)22(26)28/h4-11,16-17,19H,3H2,1-2H3,(H,25,30)/t16-,17+,19-/m0/s1. The molecule has 0 bridgehead atoms. The number of hydrogen-bond donors (Lipinski definition) is 1. The Bertz CT molecular complexity index is 1330. The van der Waals surface area contributed by atoms with Gasteiger partial charge in [-0.1, -0.05) is 35.2 Å². The number of amides is 2. The number of thioether (sulfide) groups is 1. The number of hydrogen-bond acceptors (Lipinski definition) is 8. The van der Waals surface area contributed by atoms with E-state index < -0.39 is 23.1 Å². The number of nitrogens with zero attached hydrogens (tertiary/aromatic N) is 1. The zero-order valence-electron chi connectivity index (χ0n) is 18.3. The first-order valence-corrected chi connectivity index (χ1v) is 12.3. The van der Waals surface area contributed by atoms with Crippen molar-refractivity contribution in [2.45, 2.75) is 23.1 Å². The molecular formula is C24H20N2O6S2. The van der Waals surface area contributed by atoms with Gasteiger partial charge in [-0.25, -0.2) is 9.69 Å². The molecule has 10 heteroatoms. The molecule has 34 heavy (non-hydrogen) atoms. The fourth-order valence-electron chi connectivity index (χ4n) is 4.40. The monoisotopic (exact) mass is 496 g/mol. The Morgan fingerprint density at radius 3 is 2.38 bits per heavy atom. The summed E-state index contributed by atoms with van der Waals surface area (Å²) < 4.78 is 10.3. The van der Waals surface area contributed by atoms with E-state index in [-0.39, 0.29) is 23.3 Å². The van der Waals surface area contributed by atoms with Crippen LogP contribution in [0.15, 0.2) is 58.4 Å². The fraction of sp³-hybridized carbons (Fsp3) is 0.250. The molecule has 1 N–H and O–H groups in total. The number of aromatic amines is 1. The second-order valence-corrected chi connectivity index (χ2v) is 9.97. The van der Waals surface area contributed by atoms with E-state index in [1.165, 1.54) is 28.8 Å².